The molecule has 0 fully saturated rings. The molecule has 1 aromatic carbocycles. The monoisotopic (exact) mass is 244 g/mol. The summed E-state index contributed by atoms with van der Waals surface area (Å²) in [6, 6.07) is 4.94. The van der Waals surface area contributed by atoms with E-state index in [9.17, 15) is 9.59 Å². The molecule has 3 N–H and O–H groups in total. The van der Waals surface area contributed by atoms with Crippen molar-refractivity contribution >= 4 is 29.4 Å². The fraction of sp³-hybridized carbons (Fsp3) is 0.154. The summed E-state index contributed by atoms with van der Waals surface area (Å²) in [7, 11) is 0. The molecule has 5 nitrogen and oxygen atoms in total. The number of hydrogen-bond acceptors (Lipinski definition) is 4. The first kappa shape index (κ1) is 12.0. The summed E-state index contributed by atoms with van der Waals surface area (Å²) in [5, 5.41) is 9.02. The molecule has 0 saturated carbocycles. The van der Waals surface area contributed by atoms with E-state index in [1.807, 2.05) is 0 Å². The number of carboxylic acid groups (broad SMARTS) is 1. The van der Waals surface area contributed by atoms with E-state index in [0.717, 1.165) is 0 Å². The van der Waals surface area contributed by atoms with Crippen molar-refractivity contribution in [2.45, 2.75) is 13.3 Å². The van der Waals surface area contributed by atoms with Crippen LogP contribution in [0.1, 0.15) is 29.3 Å². The van der Waals surface area contributed by atoms with Gasteiger partial charge in [0.15, 0.2) is 5.78 Å². The third kappa shape index (κ3) is 2.29. The molecule has 0 amide bonds. The Morgan fingerprint density at radius 3 is 2.72 bits per heavy atom. The zero-order valence-corrected chi connectivity index (χ0v) is 9.80. The molecule has 0 aromatic heterocycles. The number of benzene rings is 1. The topological polar surface area (TPSA) is 92.8 Å². The molecule has 1 aliphatic heterocycles. The minimum atomic E-state index is -1.02. The van der Waals surface area contributed by atoms with Crippen LogP contribution >= 0.6 is 0 Å². The van der Waals surface area contributed by atoms with Gasteiger partial charge in [-0.05, 0) is 19.1 Å². The summed E-state index contributed by atoms with van der Waals surface area (Å²) >= 11 is 0. The highest BCUT2D eigenvalue weighted by molar-refractivity contribution is 6.03. The van der Waals surface area contributed by atoms with Gasteiger partial charge in [-0.15, -0.1) is 0 Å². The van der Waals surface area contributed by atoms with Gasteiger partial charge in [0, 0.05) is 23.1 Å². The minimum absolute atomic E-state index is 0.0711. The average Bonchev–Trinajstić information content (AvgIpc) is 2.45. The van der Waals surface area contributed by atoms with Gasteiger partial charge in [-0.1, -0.05) is 12.1 Å². The number of fused-ring (bicyclic) bond motifs is 1. The Balaban J connectivity index is 2.59. The minimum Gasteiger partial charge on any atom is -0.478 e. The fourth-order valence-corrected chi connectivity index (χ4v) is 1.75. The summed E-state index contributed by atoms with van der Waals surface area (Å²) in [5.74, 6) is -0.863. The lowest BCUT2D eigenvalue weighted by molar-refractivity contribution is -0.132. The van der Waals surface area contributed by atoms with E-state index in [4.69, 9.17) is 10.8 Å². The first-order chi connectivity index (χ1) is 8.47. The Morgan fingerprint density at radius 2 is 2.11 bits per heavy atom. The number of carbonyl (C=O) groups is 2. The van der Waals surface area contributed by atoms with Crippen molar-refractivity contribution in [1.29, 1.82) is 0 Å². The number of carboxylic acids is 1. The van der Waals surface area contributed by atoms with Crippen molar-refractivity contribution in [3.05, 3.63) is 34.9 Å². The smallest absolute Gasteiger partial charge is 0.332 e. The molecule has 1 heterocycles. The molecule has 2 rings (SSSR count). The summed E-state index contributed by atoms with van der Waals surface area (Å²) in [6.45, 7) is 1.46. The van der Waals surface area contributed by atoms with E-state index >= 15 is 0 Å². The van der Waals surface area contributed by atoms with Crippen LogP contribution in [0.15, 0.2) is 28.8 Å². The molecular formula is C13H12N2O3. The Bertz CT molecular complexity index is 600. The van der Waals surface area contributed by atoms with Gasteiger partial charge < -0.3 is 10.8 Å². The third-order valence-electron chi connectivity index (χ3n) is 2.68. The van der Waals surface area contributed by atoms with Crippen LogP contribution in [-0.2, 0) is 4.79 Å². The Labute approximate surface area is 104 Å². The van der Waals surface area contributed by atoms with Gasteiger partial charge in [0.2, 0.25) is 0 Å². The number of rotatable bonds is 2. The molecule has 1 aliphatic rings. The summed E-state index contributed by atoms with van der Waals surface area (Å²) < 4.78 is 0. The van der Waals surface area contributed by atoms with Gasteiger partial charge in [0.1, 0.15) is 5.84 Å². The number of Topliss-reactive ketones (excluding diaryl/α,β-unsaturated/α-hetero) is 1. The molecule has 0 unspecified atom stereocenters. The second kappa shape index (κ2) is 4.44. The third-order valence-corrected chi connectivity index (χ3v) is 2.68. The first-order valence-corrected chi connectivity index (χ1v) is 5.39. The Morgan fingerprint density at radius 1 is 1.39 bits per heavy atom. The lowest BCUT2D eigenvalue weighted by Crippen LogP contribution is -2.14. The van der Waals surface area contributed by atoms with Crippen LogP contribution < -0.4 is 5.73 Å². The van der Waals surface area contributed by atoms with E-state index in [-0.39, 0.29) is 23.6 Å². The van der Waals surface area contributed by atoms with Gasteiger partial charge in [0.05, 0.1) is 5.69 Å². The average molecular weight is 244 g/mol. The maximum Gasteiger partial charge on any atom is 0.332 e. The zero-order chi connectivity index (χ0) is 13.3. The molecule has 0 radical (unpaired) electrons. The number of aliphatic carboxylic acids is 1. The fourth-order valence-electron chi connectivity index (χ4n) is 1.75. The summed E-state index contributed by atoms with van der Waals surface area (Å²) in [6.07, 6.45) is 1.63. The number of nitrogens with zero attached hydrogens (tertiary/aromatic N) is 1. The standard InChI is InChI=1S/C13H12N2O3/c1-7(16)8-2-3-9-4-10(13(17)18)6-12(14)15-11(9)5-8/h2-5H,6H2,1H3,(H2,14,15)(H,17,18). The molecule has 0 aliphatic carbocycles. The lowest BCUT2D eigenvalue weighted by atomic mass is 10.0. The van der Waals surface area contributed by atoms with Crippen LogP contribution in [0.5, 0.6) is 0 Å². The number of hydrogen-bond donors (Lipinski definition) is 2. The summed E-state index contributed by atoms with van der Waals surface area (Å²) in [5.41, 5.74) is 7.55. The maximum atomic E-state index is 11.3. The normalized spacial score (nSPS) is 14.1. The largest absolute Gasteiger partial charge is 0.478 e. The highest BCUT2D eigenvalue weighted by atomic mass is 16.4. The Kier molecular flexibility index (Phi) is 2.97. The van der Waals surface area contributed by atoms with Crippen molar-refractivity contribution in [2.75, 3.05) is 0 Å². The second-order valence-corrected chi connectivity index (χ2v) is 4.08. The lowest BCUT2D eigenvalue weighted by Gasteiger charge is -2.02. The van der Waals surface area contributed by atoms with Crippen LogP contribution in [-0.4, -0.2) is 22.7 Å². The molecule has 5 heteroatoms. The Hall–Kier alpha value is -2.43. The van der Waals surface area contributed by atoms with Crippen LogP contribution in [0.3, 0.4) is 0 Å². The van der Waals surface area contributed by atoms with E-state index in [2.05, 4.69) is 4.99 Å². The molecule has 18 heavy (non-hydrogen) atoms. The van der Waals surface area contributed by atoms with Gasteiger partial charge in [-0.3, -0.25) is 4.79 Å². The predicted octanol–water partition coefficient (Wildman–Crippen LogP) is 1.75. The zero-order valence-electron chi connectivity index (χ0n) is 9.80. The van der Waals surface area contributed by atoms with Crippen LogP contribution in [0.4, 0.5) is 5.69 Å². The van der Waals surface area contributed by atoms with Crippen molar-refractivity contribution in [3.8, 4) is 0 Å². The molecular weight excluding hydrogens is 232 g/mol. The number of amidine groups is 1. The van der Waals surface area contributed by atoms with Gasteiger partial charge in [-0.25, -0.2) is 9.79 Å². The number of nitrogens with two attached hydrogens (primary N) is 1. The van der Waals surface area contributed by atoms with E-state index < -0.39 is 5.97 Å². The molecule has 1 aromatic rings. The highest BCUT2D eigenvalue weighted by Gasteiger charge is 2.15. The molecule has 0 bridgehead atoms. The molecule has 0 atom stereocenters. The quantitative estimate of drug-likeness (QED) is 0.775. The van der Waals surface area contributed by atoms with Gasteiger partial charge in [-0.2, -0.15) is 0 Å². The van der Waals surface area contributed by atoms with E-state index in [0.29, 0.717) is 16.8 Å². The highest BCUT2D eigenvalue weighted by Crippen LogP contribution is 2.27. The second-order valence-electron chi connectivity index (χ2n) is 4.08. The maximum absolute atomic E-state index is 11.3. The first-order valence-electron chi connectivity index (χ1n) is 5.39. The van der Waals surface area contributed by atoms with Crippen LogP contribution in [0.2, 0.25) is 0 Å². The van der Waals surface area contributed by atoms with Crippen molar-refractivity contribution in [1.82, 2.24) is 0 Å². The van der Waals surface area contributed by atoms with Crippen molar-refractivity contribution in [2.24, 2.45) is 10.7 Å². The number of aliphatic imine (C=N–C) groups is 1. The SMILES string of the molecule is CC(=O)c1ccc2c(c1)N=C(N)CC(C(=O)O)=C2. The summed E-state index contributed by atoms with van der Waals surface area (Å²) in [4.78, 5) is 26.4. The van der Waals surface area contributed by atoms with E-state index in [1.54, 1.807) is 18.2 Å². The van der Waals surface area contributed by atoms with Gasteiger partial charge >= 0.3 is 5.97 Å². The molecule has 92 valence electrons. The van der Waals surface area contributed by atoms with Gasteiger partial charge in [0.25, 0.3) is 0 Å². The van der Waals surface area contributed by atoms with Crippen LogP contribution in [0.25, 0.3) is 6.08 Å². The van der Waals surface area contributed by atoms with Crippen molar-refractivity contribution in [3.63, 3.8) is 0 Å². The number of carbonyl (C=O) groups excluding carboxylic acids is 1. The molecule has 0 spiro atoms. The van der Waals surface area contributed by atoms with E-state index in [1.165, 1.54) is 13.0 Å². The van der Waals surface area contributed by atoms with Crippen LogP contribution in [0, 0.1) is 0 Å². The van der Waals surface area contributed by atoms with Crippen molar-refractivity contribution < 1.29 is 14.7 Å². The number of ketones is 1. The molecule has 0 saturated heterocycles. The predicted molar refractivity (Wildman–Crippen MR) is 68.0 cm³/mol.